The average molecular weight is 278 g/mol. The maximum absolute atomic E-state index is 8.64. The lowest BCUT2D eigenvalue weighted by Crippen LogP contribution is -2.22. The van der Waals surface area contributed by atoms with Crippen LogP contribution in [0.4, 0.5) is 0 Å². The highest BCUT2D eigenvalue weighted by atomic mass is 16.5. The predicted molar refractivity (Wildman–Crippen MR) is 81.8 cm³/mol. The van der Waals surface area contributed by atoms with Crippen molar-refractivity contribution in [2.45, 2.75) is 19.5 Å². The zero-order chi connectivity index (χ0) is 14.5. The van der Waals surface area contributed by atoms with Gasteiger partial charge in [0.25, 0.3) is 0 Å². The number of hydrogen-bond acceptors (Lipinski definition) is 3. The van der Waals surface area contributed by atoms with Crippen molar-refractivity contribution in [2.75, 3.05) is 13.2 Å². The maximum Gasteiger partial charge on any atom is 0.119 e. The van der Waals surface area contributed by atoms with Gasteiger partial charge in [-0.3, -0.25) is 4.90 Å². The molecule has 0 N–H and O–H groups in total. The first-order valence-electron chi connectivity index (χ1n) is 7.23. The summed E-state index contributed by atoms with van der Waals surface area (Å²) in [4.78, 5) is 2.40. The largest absolute Gasteiger partial charge is 0.492 e. The Morgan fingerprint density at radius 2 is 1.67 bits per heavy atom. The van der Waals surface area contributed by atoms with E-state index >= 15 is 0 Å². The summed E-state index contributed by atoms with van der Waals surface area (Å²) in [6.45, 7) is 3.64. The minimum absolute atomic E-state index is 0.451. The number of ether oxygens (including phenoxy) is 1. The van der Waals surface area contributed by atoms with Crippen LogP contribution in [0.25, 0.3) is 0 Å². The van der Waals surface area contributed by atoms with Crippen molar-refractivity contribution in [2.24, 2.45) is 0 Å². The molecule has 1 aliphatic rings. The molecular weight excluding hydrogens is 260 g/mol. The van der Waals surface area contributed by atoms with Crippen molar-refractivity contribution in [3.8, 4) is 11.8 Å². The molecule has 0 fully saturated rings. The van der Waals surface area contributed by atoms with Gasteiger partial charge in [-0.2, -0.15) is 5.26 Å². The fourth-order valence-corrected chi connectivity index (χ4v) is 2.65. The van der Waals surface area contributed by atoms with Gasteiger partial charge >= 0.3 is 0 Å². The lowest BCUT2D eigenvalue weighted by atomic mass is 10.1. The van der Waals surface area contributed by atoms with Gasteiger partial charge in [0.15, 0.2) is 0 Å². The number of hydrogen-bond donors (Lipinski definition) is 0. The SMILES string of the molecule is N#CCc1ccc(OCCN2Cc3ccccc3C2)cc1. The average Bonchev–Trinajstić information content (AvgIpc) is 2.92. The zero-order valence-electron chi connectivity index (χ0n) is 12.0. The second kappa shape index (κ2) is 6.43. The molecule has 1 aliphatic heterocycles. The van der Waals surface area contributed by atoms with Crippen molar-refractivity contribution in [1.82, 2.24) is 4.90 Å². The van der Waals surface area contributed by atoms with Gasteiger partial charge < -0.3 is 4.74 Å². The van der Waals surface area contributed by atoms with E-state index in [1.165, 1.54) is 11.1 Å². The molecular formula is C18H18N2O. The summed E-state index contributed by atoms with van der Waals surface area (Å²) in [5.41, 5.74) is 3.89. The summed E-state index contributed by atoms with van der Waals surface area (Å²) < 4.78 is 5.78. The molecule has 0 aliphatic carbocycles. The van der Waals surface area contributed by atoms with E-state index in [-0.39, 0.29) is 0 Å². The van der Waals surface area contributed by atoms with E-state index in [4.69, 9.17) is 10.00 Å². The summed E-state index contributed by atoms with van der Waals surface area (Å²) >= 11 is 0. The van der Waals surface area contributed by atoms with Crippen LogP contribution >= 0.6 is 0 Å². The Morgan fingerprint density at radius 1 is 1.00 bits per heavy atom. The molecule has 2 aromatic rings. The molecule has 0 amide bonds. The van der Waals surface area contributed by atoms with Gasteiger partial charge in [-0.1, -0.05) is 36.4 Å². The van der Waals surface area contributed by atoms with E-state index in [0.717, 1.165) is 30.9 Å². The van der Waals surface area contributed by atoms with Gasteiger partial charge in [0, 0.05) is 19.6 Å². The molecule has 0 aromatic heterocycles. The molecule has 0 saturated heterocycles. The molecule has 0 spiro atoms. The van der Waals surface area contributed by atoms with Gasteiger partial charge in [0.05, 0.1) is 12.5 Å². The molecule has 3 rings (SSSR count). The zero-order valence-corrected chi connectivity index (χ0v) is 12.0. The number of nitriles is 1. The standard InChI is InChI=1S/C18H18N2O/c19-10-9-15-5-7-18(8-6-15)21-12-11-20-13-16-3-1-2-4-17(16)14-20/h1-8H,9,11-14H2. The van der Waals surface area contributed by atoms with Crippen LogP contribution in [0, 0.1) is 11.3 Å². The molecule has 0 unspecified atom stereocenters. The Hall–Kier alpha value is -2.31. The number of rotatable bonds is 5. The summed E-state index contributed by atoms with van der Waals surface area (Å²) in [6.07, 6.45) is 0.451. The van der Waals surface area contributed by atoms with E-state index in [0.29, 0.717) is 13.0 Å². The second-order valence-corrected chi connectivity index (χ2v) is 5.31. The van der Waals surface area contributed by atoms with E-state index in [1.807, 2.05) is 24.3 Å². The van der Waals surface area contributed by atoms with Gasteiger partial charge in [0.2, 0.25) is 0 Å². The first-order valence-corrected chi connectivity index (χ1v) is 7.23. The van der Waals surface area contributed by atoms with Crippen molar-refractivity contribution >= 4 is 0 Å². The van der Waals surface area contributed by atoms with Crippen LogP contribution in [0.15, 0.2) is 48.5 Å². The van der Waals surface area contributed by atoms with Crippen LogP contribution in [-0.2, 0) is 19.5 Å². The highest BCUT2D eigenvalue weighted by Gasteiger charge is 2.17. The predicted octanol–water partition coefficient (Wildman–Crippen LogP) is 3.15. The van der Waals surface area contributed by atoms with Gasteiger partial charge in [-0.25, -0.2) is 0 Å². The fourth-order valence-electron chi connectivity index (χ4n) is 2.65. The van der Waals surface area contributed by atoms with Crippen LogP contribution < -0.4 is 4.74 Å². The van der Waals surface area contributed by atoms with Crippen molar-refractivity contribution in [1.29, 1.82) is 5.26 Å². The first-order chi connectivity index (χ1) is 10.3. The Labute approximate surface area is 125 Å². The van der Waals surface area contributed by atoms with Gasteiger partial charge in [-0.15, -0.1) is 0 Å². The van der Waals surface area contributed by atoms with Crippen molar-refractivity contribution < 1.29 is 4.74 Å². The fraction of sp³-hybridized carbons (Fsp3) is 0.278. The highest BCUT2D eigenvalue weighted by molar-refractivity contribution is 5.30. The Morgan fingerprint density at radius 3 is 2.29 bits per heavy atom. The summed E-state index contributed by atoms with van der Waals surface area (Å²) in [5.74, 6) is 0.869. The molecule has 0 atom stereocenters. The van der Waals surface area contributed by atoms with Gasteiger partial charge in [-0.05, 0) is 28.8 Å². The molecule has 3 heteroatoms. The normalized spacial score (nSPS) is 13.7. The molecule has 106 valence electrons. The summed E-state index contributed by atoms with van der Waals surface area (Å²) in [7, 11) is 0. The van der Waals surface area contributed by atoms with E-state index in [2.05, 4.69) is 35.2 Å². The lowest BCUT2D eigenvalue weighted by Gasteiger charge is -2.15. The first kappa shape index (κ1) is 13.7. The number of nitrogens with zero attached hydrogens (tertiary/aromatic N) is 2. The molecule has 0 saturated carbocycles. The van der Waals surface area contributed by atoms with Gasteiger partial charge in [0.1, 0.15) is 12.4 Å². The third-order valence-electron chi connectivity index (χ3n) is 3.79. The third-order valence-corrected chi connectivity index (χ3v) is 3.79. The number of benzene rings is 2. The minimum Gasteiger partial charge on any atom is -0.492 e. The van der Waals surface area contributed by atoms with E-state index < -0.39 is 0 Å². The van der Waals surface area contributed by atoms with Crippen LogP contribution in [0.2, 0.25) is 0 Å². The molecule has 0 bridgehead atoms. The maximum atomic E-state index is 8.64. The van der Waals surface area contributed by atoms with E-state index in [1.54, 1.807) is 0 Å². The Bertz CT molecular complexity index is 618. The molecule has 1 heterocycles. The van der Waals surface area contributed by atoms with Crippen LogP contribution in [-0.4, -0.2) is 18.1 Å². The molecule has 21 heavy (non-hydrogen) atoms. The van der Waals surface area contributed by atoms with Crippen LogP contribution in [0.3, 0.4) is 0 Å². The topological polar surface area (TPSA) is 36.3 Å². The Balaban J connectivity index is 1.46. The smallest absolute Gasteiger partial charge is 0.119 e. The van der Waals surface area contributed by atoms with E-state index in [9.17, 15) is 0 Å². The number of fused-ring (bicyclic) bond motifs is 1. The van der Waals surface area contributed by atoms with Crippen LogP contribution in [0.1, 0.15) is 16.7 Å². The monoisotopic (exact) mass is 278 g/mol. The second-order valence-electron chi connectivity index (χ2n) is 5.31. The molecule has 0 radical (unpaired) electrons. The molecule has 3 nitrogen and oxygen atoms in total. The quantitative estimate of drug-likeness (QED) is 0.843. The van der Waals surface area contributed by atoms with Crippen molar-refractivity contribution in [3.05, 3.63) is 65.2 Å². The summed E-state index contributed by atoms with van der Waals surface area (Å²) in [5, 5.41) is 8.64. The minimum atomic E-state index is 0.451. The van der Waals surface area contributed by atoms with Crippen LogP contribution in [0.5, 0.6) is 5.75 Å². The lowest BCUT2D eigenvalue weighted by molar-refractivity contribution is 0.211. The molecule has 2 aromatic carbocycles. The third kappa shape index (κ3) is 3.42. The van der Waals surface area contributed by atoms with Crippen molar-refractivity contribution in [3.63, 3.8) is 0 Å². The Kier molecular flexibility index (Phi) is 4.18. The highest BCUT2D eigenvalue weighted by Crippen LogP contribution is 2.21. The summed E-state index contributed by atoms with van der Waals surface area (Å²) in [6, 6.07) is 18.5.